The summed E-state index contributed by atoms with van der Waals surface area (Å²) in [7, 11) is -3.60. The molecule has 2 aromatic carbocycles. The van der Waals surface area contributed by atoms with Crippen molar-refractivity contribution >= 4 is 21.6 Å². The van der Waals surface area contributed by atoms with Gasteiger partial charge < -0.3 is 10.1 Å². The second-order valence-electron chi connectivity index (χ2n) is 8.40. The van der Waals surface area contributed by atoms with Crippen molar-refractivity contribution in [3.8, 4) is 0 Å². The van der Waals surface area contributed by atoms with Crippen LogP contribution in [0.15, 0.2) is 59.5 Å². The second kappa shape index (κ2) is 10.6. The summed E-state index contributed by atoms with van der Waals surface area (Å²) < 4.78 is 32.5. The van der Waals surface area contributed by atoms with E-state index >= 15 is 0 Å². The lowest BCUT2D eigenvalue weighted by Gasteiger charge is -2.35. The van der Waals surface area contributed by atoms with E-state index < -0.39 is 10.0 Å². The molecule has 2 fully saturated rings. The number of ether oxygens (including phenoxy) is 1. The van der Waals surface area contributed by atoms with E-state index in [-0.39, 0.29) is 10.8 Å². The van der Waals surface area contributed by atoms with Crippen molar-refractivity contribution < 1.29 is 17.9 Å². The van der Waals surface area contributed by atoms with Crippen LogP contribution in [-0.4, -0.2) is 69.0 Å². The largest absolute Gasteiger partial charge is 0.379 e. The first-order valence-electron chi connectivity index (χ1n) is 11.3. The minimum Gasteiger partial charge on any atom is -0.379 e. The maximum atomic E-state index is 12.9. The summed E-state index contributed by atoms with van der Waals surface area (Å²) in [6.07, 6.45) is 4.28. The van der Waals surface area contributed by atoms with Crippen LogP contribution in [0, 0.1) is 0 Å². The average Bonchev–Trinajstić information content (AvgIpc) is 2.82. The van der Waals surface area contributed by atoms with E-state index in [0.29, 0.717) is 44.6 Å². The van der Waals surface area contributed by atoms with Gasteiger partial charge >= 0.3 is 0 Å². The van der Waals surface area contributed by atoms with E-state index in [0.717, 1.165) is 25.8 Å². The van der Waals surface area contributed by atoms with Gasteiger partial charge in [-0.25, -0.2) is 8.42 Å². The quantitative estimate of drug-likeness (QED) is 0.692. The number of hydrogen-bond acceptors (Lipinski definition) is 5. The van der Waals surface area contributed by atoms with E-state index in [4.69, 9.17) is 4.74 Å². The molecule has 1 N–H and O–H groups in total. The molecular weight excluding hydrogens is 426 g/mol. The zero-order valence-electron chi connectivity index (χ0n) is 18.3. The molecule has 4 rings (SSSR count). The van der Waals surface area contributed by atoms with Crippen molar-refractivity contribution in [1.29, 1.82) is 0 Å². The Morgan fingerprint density at radius 3 is 2.56 bits per heavy atom. The third kappa shape index (κ3) is 5.75. The summed E-state index contributed by atoms with van der Waals surface area (Å²) in [6.45, 7) is 2.69. The normalized spacial score (nSPS) is 20.7. The van der Waals surface area contributed by atoms with Gasteiger partial charge in [0.15, 0.2) is 0 Å². The number of hydrogen-bond donors (Lipinski definition) is 1. The Bertz CT molecular complexity index is 1010. The van der Waals surface area contributed by atoms with Crippen LogP contribution in [0.4, 0.5) is 5.69 Å². The number of piperidine rings is 1. The fourth-order valence-electron chi connectivity index (χ4n) is 4.44. The van der Waals surface area contributed by atoms with Crippen LogP contribution >= 0.6 is 0 Å². The lowest BCUT2D eigenvalue weighted by Crippen LogP contribution is -2.45. The Labute approximate surface area is 190 Å². The molecule has 0 bridgehead atoms. The van der Waals surface area contributed by atoms with Crippen molar-refractivity contribution in [1.82, 2.24) is 9.21 Å². The topological polar surface area (TPSA) is 79.0 Å². The molecule has 0 saturated carbocycles. The molecule has 7 nitrogen and oxygen atoms in total. The Hall–Kier alpha value is -2.26. The first kappa shape index (κ1) is 22.9. The Morgan fingerprint density at radius 1 is 1.00 bits per heavy atom. The molecule has 8 heteroatoms. The van der Waals surface area contributed by atoms with Gasteiger partial charge in [0.05, 0.1) is 24.7 Å². The zero-order valence-corrected chi connectivity index (χ0v) is 19.1. The van der Waals surface area contributed by atoms with Gasteiger partial charge in [-0.05, 0) is 49.6 Å². The monoisotopic (exact) mass is 457 g/mol. The molecular formula is C24H31N3O4S. The van der Waals surface area contributed by atoms with Crippen molar-refractivity contribution in [3.05, 3.63) is 60.2 Å². The highest BCUT2D eigenvalue weighted by Crippen LogP contribution is 2.22. The number of rotatable bonds is 7. The highest BCUT2D eigenvalue weighted by molar-refractivity contribution is 7.89. The number of amides is 1. The maximum Gasteiger partial charge on any atom is 0.243 e. The molecule has 2 aromatic rings. The van der Waals surface area contributed by atoms with Crippen LogP contribution in [0.2, 0.25) is 0 Å². The van der Waals surface area contributed by atoms with Crippen molar-refractivity contribution in [2.75, 3.05) is 44.7 Å². The SMILES string of the molecule is O=C(CN1CCCCC1Cc1ccccc1)Nc1cccc(S(=O)(=O)N2CCOCC2)c1. The van der Waals surface area contributed by atoms with Crippen molar-refractivity contribution in [3.63, 3.8) is 0 Å². The number of carbonyl (C=O) groups is 1. The van der Waals surface area contributed by atoms with E-state index in [1.165, 1.54) is 16.3 Å². The van der Waals surface area contributed by atoms with Gasteiger partial charge in [-0.3, -0.25) is 9.69 Å². The average molecular weight is 458 g/mol. The van der Waals surface area contributed by atoms with E-state index in [2.05, 4.69) is 22.3 Å². The number of nitrogens with one attached hydrogen (secondary N) is 1. The third-order valence-corrected chi connectivity index (χ3v) is 8.03. The Balaban J connectivity index is 1.39. The lowest BCUT2D eigenvalue weighted by molar-refractivity contribution is -0.118. The molecule has 2 heterocycles. The molecule has 2 saturated heterocycles. The van der Waals surface area contributed by atoms with Gasteiger partial charge in [0.25, 0.3) is 0 Å². The summed E-state index contributed by atoms with van der Waals surface area (Å²) in [5, 5.41) is 2.90. The van der Waals surface area contributed by atoms with Crippen molar-refractivity contribution in [2.45, 2.75) is 36.6 Å². The molecule has 2 aliphatic rings. The van der Waals surface area contributed by atoms with Crippen LogP contribution in [-0.2, 0) is 26.0 Å². The number of likely N-dealkylation sites (tertiary alicyclic amines) is 1. The fraction of sp³-hybridized carbons (Fsp3) is 0.458. The molecule has 0 aliphatic carbocycles. The summed E-state index contributed by atoms with van der Waals surface area (Å²) in [4.78, 5) is 15.3. The first-order valence-corrected chi connectivity index (χ1v) is 12.7. The van der Waals surface area contributed by atoms with Crippen LogP contribution in [0.1, 0.15) is 24.8 Å². The molecule has 1 unspecified atom stereocenters. The van der Waals surface area contributed by atoms with Gasteiger partial charge in [-0.15, -0.1) is 0 Å². The molecule has 32 heavy (non-hydrogen) atoms. The van der Waals surface area contributed by atoms with Gasteiger partial charge in [-0.2, -0.15) is 4.31 Å². The Kier molecular flexibility index (Phi) is 7.57. The third-order valence-electron chi connectivity index (χ3n) is 6.14. The van der Waals surface area contributed by atoms with E-state index in [1.807, 2.05) is 18.2 Å². The fourth-order valence-corrected chi connectivity index (χ4v) is 5.90. The molecule has 0 aromatic heterocycles. The number of nitrogens with zero attached hydrogens (tertiary/aromatic N) is 2. The Morgan fingerprint density at radius 2 is 1.78 bits per heavy atom. The van der Waals surface area contributed by atoms with Crippen LogP contribution in [0.3, 0.4) is 0 Å². The minimum absolute atomic E-state index is 0.120. The van der Waals surface area contributed by atoms with Gasteiger partial charge in [-0.1, -0.05) is 42.8 Å². The second-order valence-corrected chi connectivity index (χ2v) is 10.3. The highest BCUT2D eigenvalue weighted by atomic mass is 32.2. The van der Waals surface area contributed by atoms with Crippen LogP contribution in [0.25, 0.3) is 0 Å². The van der Waals surface area contributed by atoms with Gasteiger partial charge in [0, 0.05) is 24.8 Å². The predicted octanol–water partition coefficient (Wildman–Crippen LogP) is 2.74. The summed E-state index contributed by atoms with van der Waals surface area (Å²) in [6, 6.07) is 17.2. The standard InChI is InChI=1S/C24H31N3O4S/c28-24(19-26-12-5-4-10-22(26)17-20-7-2-1-3-8-20)25-21-9-6-11-23(18-21)32(29,30)27-13-15-31-16-14-27/h1-3,6-9,11,18,22H,4-5,10,12-17,19H2,(H,25,28). The number of carbonyl (C=O) groups excluding carboxylic acids is 1. The molecule has 172 valence electrons. The predicted molar refractivity (Wildman–Crippen MR) is 124 cm³/mol. The molecule has 1 atom stereocenters. The lowest BCUT2D eigenvalue weighted by atomic mass is 9.95. The van der Waals surface area contributed by atoms with Gasteiger partial charge in [0.1, 0.15) is 0 Å². The van der Waals surface area contributed by atoms with Gasteiger partial charge in [0.2, 0.25) is 15.9 Å². The smallest absolute Gasteiger partial charge is 0.243 e. The number of anilines is 1. The number of morpholine rings is 1. The molecule has 0 spiro atoms. The summed E-state index contributed by atoms with van der Waals surface area (Å²) >= 11 is 0. The summed E-state index contributed by atoms with van der Waals surface area (Å²) in [5.41, 5.74) is 1.78. The van der Waals surface area contributed by atoms with Crippen molar-refractivity contribution in [2.24, 2.45) is 0 Å². The summed E-state index contributed by atoms with van der Waals surface area (Å²) in [5.74, 6) is -0.120. The molecule has 1 amide bonds. The molecule has 0 radical (unpaired) electrons. The zero-order chi connectivity index (χ0) is 22.4. The van der Waals surface area contributed by atoms with Crippen LogP contribution < -0.4 is 5.32 Å². The first-order chi connectivity index (χ1) is 15.5. The highest BCUT2D eigenvalue weighted by Gasteiger charge is 2.27. The minimum atomic E-state index is -3.60. The van der Waals surface area contributed by atoms with E-state index in [9.17, 15) is 13.2 Å². The number of benzene rings is 2. The maximum absolute atomic E-state index is 12.9. The van der Waals surface area contributed by atoms with E-state index in [1.54, 1.807) is 24.3 Å². The van der Waals surface area contributed by atoms with Crippen LogP contribution in [0.5, 0.6) is 0 Å². The molecule has 2 aliphatic heterocycles. The number of sulfonamides is 1.